The average molecular weight is 479 g/mol. The molecule has 10 heteroatoms. The molecule has 2 saturated heterocycles. The molecule has 1 unspecified atom stereocenters. The van der Waals surface area contributed by atoms with Crippen LogP contribution in [0.3, 0.4) is 0 Å². The van der Waals surface area contributed by atoms with Crippen molar-refractivity contribution in [3.05, 3.63) is 64.7 Å². The standard InChI is InChI=1S/C25H25N3O7/c1-34-24(32)17-10-18(25(33)35-2)12-19(11-17)26-22(30)16-7-5-15(6-8-16)13-27-14-21(29)28-9-3-4-20(28)23(27)31/h5-8,10-12,20H,3-4,9,13-14H2,1-2H3,(H,26,30). The first kappa shape index (κ1) is 23.9. The molecule has 0 saturated carbocycles. The summed E-state index contributed by atoms with van der Waals surface area (Å²) in [6.45, 7) is 0.966. The second-order valence-corrected chi connectivity index (χ2v) is 8.37. The molecule has 2 aromatic carbocycles. The molecule has 2 aliphatic rings. The molecule has 1 atom stereocenters. The first-order valence-electron chi connectivity index (χ1n) is 11.1. The molecule has 182 valence electrons. The molecule has 2 fully saturated rings. The summed E-state index contributed by atoms with van der Waals surface area (Å²) in [4.78, 5) is 65.0. The third-order valence-electron chi connectivity index (χ3n) is 6.12. The van der Waals surface area contributed by atoms with Gasteiger partial charge in [0.05, 0.1) is 25.3 Å². The van der Waals surface area contributed by atoms with Crippen LogP contribution in [0.15, 0.2) is 42.5 Å². The van der Waals surface area contributed by atoms with E-state index in [-0.39, 0.29) is 47.8 Å². The lowest BCUT2D eigenvalue weighted by Gasteiger charge is -2.36. The highest BCUT2D eigenvalue weighted by Gasteiger charge is 2.41. The minimum atomic E-state index is -0.665. The van der Waals surface area contributed by atoms with Gasteiger partial charge in [-0.05, 0) is 48.7 Å². The number of fused-ring (bicyclic) bond motifs is 1. The Bertz CT molecular complexity index is 1160. The number of rotatable bonds is 6. The van der Waals surface area contributed by atoms with Gasteiger partial charge in [0.15, 0.2) is 0 Å². The van der Waals surface area contributed by atoms with E-state index in [9.17, 15) is 24.0 Å². The summed E-state index contributed by atoms with van der Waals surface area (Å²) in [5.41, 5.74) is 1.51. The Morgan fingerprint density at radius 1 is 0.943 bits per heavy atom. The van der Waals surface area contributed by atoms with Crippen LogP contribution in [0.5, 0.6) is 0 Å². The predicted octanol–water partition coefficient (Wildman–Crippen LogP) is 1.85. The molecule has 0 spiro atoms. The normalized spacial score (nSPS) is 17.1. The molecule has 1 N–H and O–H groups in total. The maximum Gasteiger partial charge on any atom is 0.337 e. The Labute approximate surface area is 201 Å². The third kappa shape index (κ3) is 5.01. The van der Waals surface area contributed by atoms with Gasteiger partial charge in [-0.2, -0.15) is 0 Å². The minimum Gasteiger partial charge on any atom is -0.465 e. The quantitative estimate of drug-likeness (QED) is 0.628. The monoisotopic (exact) mass is 479 g/mol. The molecule has 0 radical (unpaired) electrons. The van der Waals surface area contributed by atoms with Crippen LogP contribution in [0, 0.1) is 0 Å². The van der Waals surface area contributed by atoms with Crippen LogP contribution < -0.4 is 5.32 Å². The minimum absolute atomic E-state index is 0.0383. The van der Waals surface area contributed by atoms with Gasteiger partial charge in [0.2, 0.25) is 11.8 Å². The summed E-state index contributed by atoms with van der Waals surface area (Å²) >= 11 is 0. The fourth-order valence-corrected chi connectivity index (χ4v) is 4.35. The summed E-state index contributed by atoms with van der Waals surface area (Å²) in [5, 5.41) is 2.67. The summed E-state index contributed by atoms with van der Waals surface area (Å²) in [6, 6.07) is 10.4. The molecule has 2 aliphatic heterocycles. The topological polar surface area (TPSA) is 122 Å². The Morgan fingerprint density at radius 2 is 1.57 bits per heavy atom. The van der Waals surface area contributed by atoms with Crippen LogP contribution in [-0.2, 0) is 25.6 Å². The van der Waals surface area contributed by atoms with E-state index >= 15 is 0 Å². The van der Waals surface area contributed by atoms with E-state index in [2.05, 4.69) is 5.32 Å². The van der Waals surface area contributed by atoms with Gasteiger partial charge in [-0.25, -0.2) is 9.59 Å². The number of amides is 3. The molecule has 0 aromatic heterocycles. The van der Waals surface area contributed by atoms with E-state index in [0.717, 1.165) is 12.0 Å². The molecule has 3 amide bonds. The number of nitrogens with one attached hydrogen (secondary N) is 1. The number of ether oxygens (including phenoxy) is 2. The lowest BCUT2D eigenvalue weighted by molar-refractivity contribution is -0.154. The Kier molecular flexibility index (Phi) is 6.81. The molecule has 0 aliphatic carbocycles. The molecule has 10 nitrogen and oxygen atoms in total. The number of nitrogens with zero attached hydrogens (tertiary/aromatic N) is 2. The van der Waals surface area contributed by atoms with Crippen molar-refractivity contribution in [1.29, 1.82) is 0 Å². The number of hydrogen-bond donors (Lipinski definition) is 1. The largest absolute Gasteiger partial charge is 0.465 e. The van der Waals surface area contributed by atoms with Crippen molar-refractivity contribution < 1.29 is 33.4 Å². The van der Waals surface area contributed by atoms with E-state index in [1.54, 1.807) is 34.1 Å². The van der Waals surface area contributed by atoms with E-state index in [1.165, 1.54) is 32.4 Å². The maximum absolute atomic E-state index is 12.8. The number of carbonyl (C=O) groups is 5. The SMILES string of the molecule is COC(=O)c1cc(NC(=O)c2ccc(CN3CC(=O)N4CCCC4C3=O)cc2)cc(C(=O)OC)c1. The highest BCUT2D eigenvalue weighted by atomic mass is 16.5. The molecule has 2 aromatic rings. The summed E-state index contributed by atoms with van der Waals surface area (Å²) < 4.78 is 9.41. The predicted molar refractivity (Wildman–Crippen MR) is 124 cm³/mol. The highest BCUT2D eigenvalue weighted by Crippen LogP contribution is 2.25. The van der Waals surface area contributed by atoms with E-state index in [4.69, 9.17) is 9.47 Å². The van der Waals surface area contributed by atoms with E-state index in [1.807, 2.05) is 0 Å². The number of piperazine rings is 1. The number of hydrogen-bond acceptors (Lipinski definition) is 7. The van der Waals surface area contributed by atoms with Gasteiger partial charge in [0, 0.05) is 24.3 Å². The highest BCUT2D eigenvalue weighted by molar-refractivity contribution is 6.06. The second kappa shape index (κ2) is 9.96. The molecule has 0 bridgehead atoms. The van der Waals surface area contributed by atoms with Crippen molar-refractivity contribution >= 4 is 35.3 Å². The van der Waals surface area contributed by atoms with Crippen molar-refractivity contribution in [2.24, 2.45) is 0 Å². The Balaban J connectivity index is 1.46. The number of esters is 2. The maximum atomic E-state index is 12.8. The second-order valence-electron chi connectivity index (χ2n) is 8.37. The van der Waals surface area contributed by atoms with Gasteiger partial charge < -0.3 is 24.6 Å². The smallest absolute Gasteiger partial charge is 0.337 e. The lowest BCUT2D eigenvalue weighted by atomic mass is 10.1. The van der Waals surface area contributed by atoms with Crippen LogP contribution in [0.1, 0.15) is 49.5 Å². The van der Waals surface area contributed by atoms with Crippen molar-refractivity contribution in [2.75, 3.05) is 32.6 Å². The van der Waals surface area contributed by atoms with Crippen molar-refractivity contribution in [2.45, 2.75) is 25.4 Å². The van der Waals surface area contributed by atoms with Gasteiger partial charge in [-0.3, -0.25) is 14.4 Å². The van der Waals surface area contributed by atoms with Crippen LogP contribution in [-0.4, -0.2) is 72.8 Å². The summed E-state index contributed by atoms with van der Waals surface area (Å²) in [7, 11) is 2.42. The number of anilines is 1. The summed E-state index contributed by atoms with van der Waals surface area (Å²) in [5.74, 6) is -1.87. The number of methoxy groups -OCH3 is 2. The zero-order valence-corrected chi connectivity index (χ0v) is 19.4. The zero-order valence-electron chi connectivity index (χ0n) is 19.4. The third-order valence-corrected chi connectivity index (χ3v) is 6.12. The van der Waals surface area contributed by atoms with Gasteiger partial charge in [-0.15, -0.1) is 0 Å². The van der Waals surface area contributed by atoms with E-state index < -0.39 is 17.8 Å². The fourth-order valence-electron chi connectivity index (χ4n) is 4.35. The first-order chi connectivity index (χ1) is 16.8. The molecular weight excluding hydrogens is 454 g/mol. The molecule has 4 rings (SSSR count). The Hall–Kier alpha value is -4.21. The van der Waals surface area contributed by atoms with Crippen LogP contribution >= 0.6 is 0 Å². The van der Waals surface area contributed by atoms with Crippen LogP contribution in [0.2, 0.25) is 0 Å². The van der Waals surface area contributed by atoms with Gasteiger partial charge in [-0.1, -0.05) is 12.1 Å². The lowest BCUT2D eigenvalue weighted by Crippen LogP contribution is -2.56. The summed E-state index contributed by atoms with van der Waals surface area (Å²) in [6.07, 6.45) is 1.53. The van der Waals surface area contributed by atoms with Gasteiger partial charge in [0.1, 0.15) is 12.6 Å². The Morgan fingerprint density at radius 3 is 2.17 bits per heavy atom. The number of benzene rings is 2. The number of carbonyl (C=O) groups excluding carboxylic acids is 5. The average Bonchev–Trinajstić information content (AvgIpc) is 3.37. The zero-order chi connectivity index (χ0) is 25.1. The van der Waals surface area contributed by atoms with Crippen molar-refractivity contribution in [3.63, 3.8) is 0 Å². The van der Waals surface area contributed by atoms with Crippen molar-refractivity contribution in [1.82, 2.24) is 9.80 Å². The molecule has 2 heterocycles. The first-order valence-corrected chi connectivity index (χ1v) is 11.1. The molecular formula is C25H25N3O7. The van der Waals surface area contributed by atoms with E-state index in [0.29, 0.717) is 18.5 Å². The van der Waals surface area contributed by atoms with Gasteiger partial charge >= 0.3 is 11.9 Å². The molecule has 35 heavy (non-hydrogen) atoms. The van der Waals surface area contributed by atoms with Gasteiger partial charge in [0.25, 0.3) is 5.91 Å². The van der Waals surface area contributed by atoms with Crippen LogP contribution in [0.4, 0.5) is 5.69 Å². The fraction of sp³-hybridized carbons (Fsp3) is 0.320. The van der Waals surface area contributed by atoms with Crippen LogP contribution in [0.25, 0.3) is 0 Å². The van der Waals surface area contributed by atoms with Crippen molar-refractivity contribution in [3.8, 4) is 0 Å².